The van der Waals surface area contributed by atoms with Gasteiger partial charge in [0.05, 0.1) is 22.5 Å². The normalized spacial score (nSPS) is 12.9. The van der Waals surface area contributed by atoms with Crippen molar-refractivity contribution in [2.24, 2.45) is 9.98 Å². The molecule has 0 radical (unpaired) electrons. The van der Waals surface area contributed by atoms with Gasteiger partial charge in [-0.05, 0) is 78.1 Å². The third kappa shape index (κ3) is 5.84. The Morgan fingerprint density at radius 3 is 2.04 bits per heavy atom. The first-order chi connectivity index (χ1) is 26.0. The van der Waals surface area contributed by atoms with E-state index in [1.54, 1.807) is 0 Å². The van der Waals surface area contributed by atoms with Crippen LogP contribution in [0.5, 0.6) is 0 Å². The molecule has 4 nitrogen and oxygen atoms in total. The maximum Gasteiger partial charge on any atom is 0.155 e. The van der Waals surface area contributed by atoms with E-state index in [1.165, 1.54) is 5.56 Å². The van der Waals surface area contributed by atoms with Crippen molar-refractivity contribution in [3.63, 3.8) is 0 Å². The number of hydrogen-bond acceptors (Lipinski definition) is 2. The number of rotatable bonds is 7. The molecular formula is C49H37N3O. The van der Waals surface area contributed by atoms with Gasteiger partial charge in [0.2, 0.25) is 0 Å². The quantitative estimate of drug-likeness (QED) is 0.122. The van der Waals surface area contributed by atoms with Gasteiger partial charge >= 0.3 is 0 Å². The zero-order chi connectivity index (χ0) is 35.9. The van der Waals surface area contributed by atoms with Crippen LogP contribution in [-0.2, 0) is 0 Å². The smallest absolute Gasteiger partial charge is 0.155 e. The highest BCUT2D eigenvalue weighted by Gasteiger charge is 2.19. The van der Waals surface area contributed by atoms with Crippen molar-refractivity contribution in [3.8, 4) is 16.8 Å². The first-order valence-corrected chi connectivity index (χ1v) is 18.0. The number of para-hydroxylation sites is 2. The van der Waals surface area contributed by atoms with Crippen LogP contribution in [0.2, 0.25) is 0 Å². The topological polar surface area (TPSA) is 42.8 Å². The highest BCUT2D eigenvalue weighted by atomic mass is 16.3. The molecule has 0 spiro atoms. The third-order valence-electron chi connectivity index (χ3n) is 10.2. The van der Waals surface area contributed by atoms with E-state index in [4.69, 9.17) is 14.4 Å². The fraction of sp³-hybridized carbons (Fsp3) is 0.0612. The zero-order valence-corrected chi connectivity index (χ0v) is 29.7. The van der Waals surface area contributed by atoms with Crippen molar-refractivity contribution in [1.29, 1.82) is 0 Å². The Morgan fingerprint density at radius 1 is 0.585 bits per heavy atom. The summed E-state index contributed by atoms with van der Waals surface area (Å²) in [4.78, 5) is 10.4. The number of amidine groups is 1. The molecule has 0 aliphatic heterocycles. The molecule has 0 amide bonds. The third-order valence-corrected chi connectivity index (χ3v) is 10.2. The lowest BCUT2D eigenvalue weighted by Gasteiger charge is -2.15. The fourth-order valence-corrected chi connectivity index (χ4v) is 7.37. The number of fused-ring (bicyclic) bond motifs is 7. The second-order valence-corrected chi connectivity index (χ2v) is 13.5. The Morgan fingerprint density at radius 2 is 1.25 bits per heavy atom. The van der Waals surface area contributed by atoms with Gasteiger partial charge in [-0.1, -0.05) is 140 Å². The molecule has 1 atom stereocenters. The summed E-state index contributed by atoms with van der Waals surface area (Å²) >= 11 is 0. The summed E-state index contributed by atoms with van der Waals surface area (Å²) in [5.74, 6) is 0.674. The SMILES string of the molecule is C=C(c1cccc(-n2c3ccccc3c3c4oc5ccccc5c4ccc32)c1)[C@@H](C)/N=C(\N=C(/C)c1ccccc1)c1ccc(-c2ccccc2)cc1. The number of nitrogens with zero attached hydrogens (tertiary/aromatic N) is 3. The fourth-order valence-electron chi connectivity index (χ4n) is 7.37. The highest BCUT2D eigenvalue weighted by molar-refractivity contribution is 6.23. The second-order valence-electron chi connectivity index (χ2n) is 13.5. The van der Waals surface area contributed by atoms with Crippen LogP contribution in [0.15, 0.2) is 191 Å². The maximum absolute atomic E-state index is 6.52. The summed E-state index contributed by atoms with van der Waals surface area (Å²) in [7, 11) is 0. The van der Waals surface area contributed by atoms with E-state index >= 15 is 0 Å². The van der Waals surface area contributed by atoms with Gasteiger partial charge in [0.15, 0.2) is 5.84 Å². The first-order valence-electron chi connectivity index (χ1n) is 18.0. The van der Waals surface area contributed by atoms with E-state index in [0.29, 0.717) is 5.84 Å². The lowest BCUT2D eigenvalue weighted by Crippen LogP contribution is -2.10. The lowest BCUT2D eigenvalue weighted by atomic mass is 10.0. The van der Waals surface area contributed by atoms with Gasteiger partial charge in [-0.15, -0.1) is 0 Å². The van der Waals surface area contributed by atoms with Crippen LogP contribution < -0.4 is 0 Å². The number of aromatic nitrogens is 1. The Bertz CT molecular complexity index is 2860. The molecule has 9 aromatic rings. The van der Waals surface area contributed by atoms with Gasteiger partial charge in [0.1, 0.15) is 11.2 Å². The lowest BCUT2D eigenvalue weighted by molar-refractivity contribution is 0.673. The Kier molecular flexibility index (Phi) is 8.13. The molecule has 0 saturated carbocycles. The molecule has 0 bridgehead atoms. The standard InChI is InChI=1S/C49H37N3O/c1-32(33(2)50-49(51-34(3)35-15-6-4-7-16-35)38-27-25-37(26-28-38)36-17-8-5-9-18-36)39-19-14-20-40(31-39)52-44-23-12-10-22-43(44)47-45(52)30-29-42-41-21-11-13-24-46(41)53-48(42)47/h4-31,33H,1H2,2-3H3/b50-49-,51-34+/t33-/m1/s1. The van der Waals surface area contributed by atoms with Gasteiger partial charge in [0, 0.05) is 33.1 Å². The molecule has 0 saturated heterocycles. The van der Waals surface area contributed by atoms with Crippen molar-refractivity contribution in [1.82, 2.24) is 4.57 Å². The zero-order valence-electron chi connectivity index (χ0n) is 29.7. The number of furan rings is 1. The molecule has 254 valence electrons. The Balaban J connectivity index is 1.11. The molecule has 0 N–H and O–H groups in total. The van der Waals surface area contributed by atoms with Gasteiger partial charge in [-0.25, -0.2) is 4.99 Å². The van der Waals surface area contributed by atoms with Crippen LogP contribution in [0.25, 0.3) is 66.1 Å². The summed E-state index contributed by atoms with van der Waals surface area (Å²) in [5, 5.41) is 4.53. The number of aliphatic imine (C=N–C) groups is 2. The Labute approximate surface area is 308 Å². The van der Waals surface area contributed by atoms with Crippen LogP contribution in [0.4, 0.5) is 0 Å². The minimum Gasteiger partial charge on any atom is -0.455 e. The average Bonchev–Trinajstić information content (AvgIpc) is 3.77. The van der Waals surface area contributed by atoms with E-state index in [-0.39, 0.29) is 6.04 Å². The molecule has 9 rings (SSSR count). The highest BCUT2D eigenvalue weighted by Crippen LogP contribution is 2.40. The summed E-state index contributed by atoms with van der Waals surface area (Å²) in [5.41, 5.74) is 12.3. The number of benzene rings is 7. The van der Waals surface area contributed by atoms with Crippen LogP contribution in [0, 0.1) is 0 Å². The molecule has 0 unspecified atom stereocenters. The van der Waals surface area contributed by atoms with Gasteiger partial charge in [-0.3, -0.25) is 4.99 Å². The van der Waals surface area contributed by atoms with Gasteiger partial charge in [0.25, 0.3) is 0 Å². The van der Waals surface area contributed by atoms with Crippen LogP contribution in [0.3, 0.4) is 0 Å². The Hall–Kier alpha value is -6.78. The van der Waals surface area contributed by atoms with Crippen molar-refractivity contribution in [2.75, 3.05) is 0 Å². The largest absolute Gasteiger partial charge is 0.455 e. The van der Waals surface area contributed by atoms with Crippen molar-refractivity contribution in [3.05, 3.63) is 193 Å². The average molecular weight is 684 g/mol. The maximum atomic E-state index is 6.52. The number of hydrogen-bond donors (Lipinski definition) is 0. The molecule has 2 heterocycles. The van der Waals surface area contributed by atoms with Gasteiger partial charge < -0.3 is 8.98 Å². The van der Waals surface area contributed by atoms with Crippen molar-refractivity contribution in [2.45, 2.75) is 19.9 Å². The summed E-state index contributed by atoms with van der Waals surface area (Å²) in [6.07, 6.45) is 0. The summed E-state index contributed by atoms with van der Waals surface area (Å²) < 4.78 is 8.85. The predicted molar refractivity (Wildman–Crippen MR) is 224 cm³/mol. The van der Waals surface area contributed by atoms with Crippen molar-refractivity contribution >= 4 is 60.9 Å². The molecule has 53 heavy (non-hydrogen) atoms. The summed E-state index contributed by atoms with van der Waals surface area (Å²) in [6, 6.07) is 58.8. The second kappa shape index (κ2) is 13.4. The van der Waals surface area contributed by atoms with Crippen LogP contribution >= 0.6 is 0 Å². The minimum atomic E-state index is -0.241. The molecule has 2 aromatic heterocycles. The van der Waals surface area contributed by atoms with Gasteiger partial charge in [-0.2, -0.15) is 0 Å². The molecule has 0 fully saturated rings. The van der Waals surface area contributed by atoms with E-state index < -0.39 is 0 Å². The van der Waals surface area contributed by atoms with E-state index in [2.05, 4.69) is 152 Å². The monoisotopic (exact) mass is 683 g/mol. The minimum absolute atomic E-state index is 0.241. The summed E-state index contributed by atoms with van der Waals surface area (Å²) in [6.45, 7) is 8.73. The van der Waals surface area contributed by atoms with E-state index in [1.807, 2.05) is 43.3 Å². The van der Waals surface area contributed by atoms with E-state index in [9.17, 15) is 0 Å². The molecule has 7 aromatic carbocycles. The molecular weight excluding hydrogens is 647 g/mol. The molecule has 0 aliphatic rings. The van der Waals surface area contributed by atoms with Crippen LogP contribution in [-0.4, -0.2) is 22.2 Å². The van der Waals surface area contributed by atoms with Crippen LogP contribution in [0.1, 0.15) is 30.5 Å². The molecule has 0 aliphatic carbocycles. The van der Waals surface area contributed by atoms with E-state index in [0.717, 1.165) is 83.0 Å². The predicted octanol–water partition coefficient (Wildman–Crippen LogP) is 12.7. The molecule has 4 heteroatoms. The first kappa shape index (κ1) is 32.1. The van der Waals surface area contributed by atoms with Crippen molar-refractivity contribution < 1.29 is 4.42 Å².